The number of nitrogens with one attached hydrogen (secondary N) is 2. The zero-order valence-corrected chi connectivity index (χ0v) is 20.4. The fraction of sp³-hybridized carbons (Fsp3) is 0. The summed E-state index contributed by atoms with van der Waals surface area (Å²) in [4.78, 5) is 12.7. The molecular weight excluding hydrogens is 494 g/mol. The van der Waals surface area contributed by atoms with Crippen LogP contribution in [0.5, 0.6) is 0 Å². The largest absolute Gasteiger partial charge is 0.278 e. The molecule has 0 saturated heterocycles. The van der Waals surface area contributed by atoms with Gasteiger partial charge in [0.1, 0.15) is 0 Å². The van der Waals surface area contributed by atoms with E-state index in [1.165, 1.54) is 24.3 Å². The number of halogens is 1. The van der Waals surface area contributed by atoms with E-state index in [-0.39, 0.29) is 21.2 Å². The van der Waals surface area contributed by atoms with Gasteiger partial charge in [-0.3, -0.25) is 9.52 Å². The summed E-state index contributed by atoms with van der Waals surface area (Å²) in [7, 11) is -3.96. The summed E-state index contributed by atoms with van der Waals surface area (Å²) < 4.78 is 28.1. The molecule has 0 radical (unpaired) electrons. The van der Waals surface area contributed by atoms with Gasteiger partial charge in [-0.15, -0.1) is 0 Å². The Bertz CT molecular complexity index is 1700. The van der Waals surface area contributed by atoms with Gasteiger partial charge in [0, 0.05) is 11.1 Å². The summed E-state index contributed by atoms with van der Waals surface area (Å²) in [6.07, 6.45) is 1.61. The molecule has 0 atom stereocenters. The minimum absolute atomic E-state index is 0.0703. The van der Waals surface area contributed by atoms with E-state index in [1.807, 2.05) is 48.5 Å². The number of anilines is 1. The minimum Gasteiger partial charge on any atom is -0.278 e. The summed E-state index contributed by atoms with van der Waals surface area (Å²) in [5, 5.41) is 8.59. The molecule has 0 aliphatic carbocycles. The molecule has 5 rings (SSSR count). The standard InChI is InChI=1S/C28H20ClN3O3S/c29-26-14-5-6-15-27(26)32-36(34,35)22-11-7-10-21(17-22)28(33)31-30-18-25-23-12-3-1-8-19(23)16-20-9-2-4-13-24(20)25/h1-18,32H,(H,31,33). The Labute approximate surface area is 213 Å². The number of fused-ring (bicyclic) bond motifs is 2. The van der Waals surface area contributed by atoms with E-state index in [0.717, 1.165) is 27.1 Å². The highest BCUT2D eigenvalue weighted by molar-refractivity contribution is 7.92. The van der Waals surface area contributed by atoms with Crippen LogP contribution >= 0.6 is 11.6 Å². The molecule has 36 heavy (non-hydrogen) atoms. The average molecular weight is 514 g/mol. The third-order valence-electron chi connectivity index (χ3n) is 5.70. The predicted octanol–water partition coefficient (Wildman–Crippen LogP) is 6.21. The van der Waals surface area contributed by atoms with Crippen LogP contribution in [0.2, 0.25) is 5.02 Å². The molecule has 6 nitrogen and oxygen atoms in total. The fourth-order valence-electron chi connectivity index (χ4n) is 3.96. The molecule has 0 spiro atoms. The third kappa shape index (κ3) is 4.79. The number of rotatable bonds is 6. The monoisotopic (exact) mass is 513 g/mol. The molecule has 0 heterocycles. The average Bonchev–Trinajstić information content (AvgIpc) is 2.89. The molecule has 5 aromatic carbocycles. The summed E-state index contributed by atoms with van der Waals surface area (Å²) >= 11 is 6.07. The van der Waals surface area contributed by atoms with Gasteiger partial charge in [-0.25, -0.2) is 13.8 Å². The van der Waals surface area contributed by atoms with E-state index in [1.54, 1.807) is 30.5 Å². The van der Waals surface area contributed by atoms with Crippen molar-refractivity contribution in [3.05, 3.63) is 119 Å². The maximum atomic E-state index is 12.8. The summed E-state index contributed by atoms with van der Waals surface area (Å²) in [6.45, 7) is 0. The van der Waals surface area contributed by atoms with Crippen molar-refractivity contribution in [2.45, 2.75) is 4.90 Å². The lowest BCUT2D eigenvalue weighted by atomic mass is 9.97. The Morgan fingerprint density at radius 2 is 1.42 bits per heavy atom. The van der Waals surface area contributed by atoms with Crippen molar-refractivity contribution < 1.29 is 13.2 Å². The predicted molar refractivity (Wildman–Crippen MR) is 145 cm³/mol. The second-order valence-electron chi connectivity index (χ2n) is 8.04. The van der Waals surface area contributed by atoms with E-state index < -0.39 is 15.9 Å². The Morgan fingerprint density at radius 1 is 0.778 bits per heavy atom. The van der Waals surface area contributed by atoms with Gasteiger partial charge in [0.05, 0.1) is 21.8 Å². The summed E-state index contributed by atoms with van der Waals surface area (Å²) in [6, 6.07) is 30.3. The zero-order chi connectivity index (χ0) is 25.1. The van der Waals surface area contributed by atoms with Crippen molar-refractivity contribution in [3.63, 3.8) is 0 Å². The van der Waals surface area contributed by atoms with Crippen LogP contribution in [0.25, 0.3) is 21.5 Å². The van der Waals surface area contributed by atoms with Crippen LogP contribution in [0.1, 0.15) is 15.9 Å². The highest BCUT2D eigenvalue weighted by Crippen LogP contribution is 2.27. The molecular formula is C28H20ClN3O3S. The number of sulfonamides is 1. The molecule has 0 aliphatic rings. The number of hydrazone groups is 1. The van der Waals surface area contributed by atoms with Crippen LogP contribution in [0, 0.1) is 0 Å². The van der Waals surface area contributed by atoms with Gasteiger partial charge in [-0.05, 0) is 57.9 Å². The number of carbonyl (C=O) groups is 1. The highest BCUT2D eigenvalue weighted by atomic mass is 35.5. The maximum Gasteiger partial charge on any atom is 0.271 e. The van der Waals surface area contributed by atoms with Gasteiger partial charge in [0.2, 0.25) is 0 Å². The molecule has 0 unspecified atom stereocenters. The number of para-hydroxylation sites is 1. The van der Waals surface area contributed by atoms with Crippen LogP contribution in [0.3, 0.4) is 0 Å². The zero-order valence-electron chi connectivity index (χ0n) is 18.9. The first-order valence-electron chi connectivity index (χ1n) is 11.0. The van der Waals surface area contributed by atoms with Crippen molar-refractivity contribution in [3.8, 4) is 0 Å². The van der Waals surface area contributed by atoms with E-state index in [2.05, 4.69) is 21.3 Å². The van der Waals surface area contributed by atoms with Gasteiger partial charge in [-0.2, -0.15) is 5.10 Å². The number of hydrogen-bond acceptors (Lipinski definition) is 4. The second kappa shape index (κ2) is 9.81. The van der Waals surface area contributed by atoms with Crippen molar-refractivity contribution in [1.29, 1.82) is 0 Å². The van der Waals surface area contributed by atoms with Crippen molar-refractivity contribution >= 4 is 61.0 Å². The number of nitrogens with zero attached hydrogens (tertiary/aromatic N) is 1. The van der Waals surface area contributed by atoms with Crippen molar-refractivity contribution in [2.75, 3.05) is 4.72 Å². The quantitative estimate of drug-likeness (QED) is 0.161. The van der Waals surface area contributed by atoms with E-state index in [9.17, 15) is 13.2 Å². The summed E-state index contributed by atoms with van der Waals surface area (Å²) in [5.41, 5.74) is 3.79. The van der Waals surface area contributed by atoms with Crippen LogP contribution in [-0.2, 0) is 10.0 Å². The number of amides is 1. The molecule has 0 bridgehead atoms. The molecule has 0 aliphatic heterocycles. The Balaban J connectivity index is 1.40. The molecule has 0 fully saturated rings. The minimum atomic E-state index is -3.96. The smallest absolute Gasteiger partial charge is 0.271 e. The van der Waals surface area contributed by atoms with Crippen LogP contribution in [-0.4, -0.2) is 20.5 Å². The Morgan fingerprint density at radius 3 is 2.11 bits per heavy atom. The molecule has 0 aromatic heterocycles. The lowest BCUT2D eigenvalue weighted by Crippen LogP contribution is -2.19. The first kappa shape index (κ1) is 23.5. The summed E-state index contributed by atoms with van der Waals surface area (Å²) in [5.74, 6) is -0.536. The highest BCUT2D eigenvalue weighted by Gasteiger charge is 2.17. The molecule has 0 saturated carbocycles. The SMILES string of the molecule is O=C(NN=Cc1c2ccccc2cc2ccccc12)c1cccc(S(=O)(=O)Nc2ccccc2Cl)c1. The normalized spacial score (nSPS) is 11.7. The lowest BCUT2D eigenvalue weighted by molar-refractivity contribution is 0.0955. The molecule has 1 amide bonds. The van der Waals surface area contributed by atoms with Crippen LogP contribution in [0.4, 0.5) is 5.69 Å². The van der Waals surface area contributed by atoms with Gasteiger partial charge in [-0.1, -0.05) is 78.3 Å². The molecule has 5 aromatic rings. The third-order valence-corrected chi connectivity index (χ3v) is 7.39. The maximum absolute atomic E-state index is 12.8. The van der Waals surface area contributed by atoms with Crippen molar-refractivity contribution in [2.24, 2.45) is 5.10 Å². The molecule has 2 N–H and O–H groups in total. The van der Waals surface area contributed by atoms with E-state index in [4.69, 9.17) is 11.6 Å². The molecule has 8 heteroatoms. The van der Waals surface area contributed by atoms with E-state index >= 15 is 0 Å². The van der Waals surface area contributed by atoms with Crippen LogP contribution < -0.4 is 10.1 Å². The van der Waals surface area contributed by atoms with Gasteiger partial charge in [0.15, 0.2) is 0 Å². The second-order valence-corrected chi connectivity index (χ2v) is 10.1. The van der Waals surface area contributed by atoms with Crippen molar-refractivity contribution in [1.82, 2.24) is 5.43 Å². The van der Waals surface area contributed by atoms with Gasteiger partial charge >= 0.3 is 0 Å². The number of carbonyl (C=O) groups excluding carboxylic acids is 1. The lowest BCUT2D eigenvalue weighted by Gasteiger charge is -2.10. The van der Waals surface area contributed by atoms with Crippen LogP contribution in [0.15, 0.2) is 113 Å². The van der Waals surface area contributed by atoms with Gasteiger partial charge in [0.25, 0.3) is 15.9 Å². The first-order valence-corrected chi connectivity index (χ1v) is 12.9. The Kier molecular flexibility index (Phi) is 6.41. The van der Waals surface area contributed by atoms with E-state index in [0.29, 0.717) is 0 Å². The Hall–Kier alpha value is -4.20. The first-order chi connectivity index (χ1) is 17.4. The molecule has 178 valence electrons. The fourth-order valence-corrected chi connectivity index (χ4v) is 5.32. The topological polar surface area (TPSA) is 87.6 Å². The number of hydrogen-bond donors (Lipinski definition) is 2. The number of benzene rings is 5. The van der Waals surface area contributed by atoms with Gasteiger partial charge < -0.3 is 0 Å².